The van der Waals surface area contributed by atoms with Crippen LogP contribution < -0.4 is 5.32 Å². The van der Waals surface area contributed by atoms with Gasteiger partial charge in [-0.1, -0.05) is 23.7 Å². The average molecular weight is 385 g/mol. The maximum atomic E-state index is 12.6. The summed E-state index contributed by atoms with van der Waals surface area (Å²) in [6.45, 7) is 3.11. The van der Waals surface area contributed by atoms with Crippen molar-refractivity contribution < 1.29 is 23.7 Å². The highest BCUT2D eigenvalue weighted by Gasteiger charge is 2.68. The molecule has 0 radical (unpaired) electrons. The van der Waals surface area contributed by atoms with Gasteiger partial charge in [-0.3, -0.25) is 13.8 Å². The van der Waals surface area contributed by atoms with Gasteiger partial charge in [0.1, 0.15) is 17.5 Å². The third-order valence-electron chi connectivity index (χ3n) is 4.58. The molecule has 2 heterocycles. The molecular formula is C16H17ClN2O5S. The molecule has 1 aromatic carbocycles. The van der Waals surface area contributed by atoms with Crippen LogP contribution in [0.25, 0.3) is 0 Å². The Kier molecular flexibility index (Phi) is 4.36. The van der Waals surface area contributed by atoms with Crippen LogP contribution in [0.15, 0.2) is 24.3 Å². The van der Waals surface area contributed by atoms with Gasteiger partial charge in [-0.2, -0.15) is 0 Å². The maximum absolute atomic E-state index is 12.6. The zero-order valence-corrected chi connectivity index (χ0v) is 15.1. The summed E-state index contributed by atoms with van der Waals surface area (Å²) in [6.07, 6.45) is 0.0477. The predicted molar refractivity (Wildman–Crippen MR) is 91.4 cm³/mol. The van der Waals surface area contributed by atoms with Crippen LogP contribution in [0.4, 0.5) is 0 Å². The monoisotopic (exact) mass is 384 g/mol. The number of carbonyl (C=O) groups is 3. The minimum absolute atomic E-state index is 0.0477. The summed E-state index contributed by atoms with van der Waals surface area (Å²) >= 11 is 5.79. The zero-order chi connectivity index (χ0) is 18.5. The molecule has 0 aliphatic carbocycles. The fraction of sp³-hybridized carbons (Fsp3) is 0.438. The lowest BCUT2D eigenvalue weighted by Gasteiger charge is -2.43. The first-order chi connectivity index (χ1) is 11.6. The van der Waals surface area contributed by atoms with E-state index in [4.69, 9.17) is 11.6 Å². The second-order valence-corrected chi connectivity index (χ2v) is 9.19. The van der Waals surface area contributed by atoms with E-state index in [1.165, 1.54) is 0 Å². The molecule has 0 spiro atoms. The van der Waals surface area contributed by atoms with Crippen molar-refractivity contribution in [3.05, 3.63) is 34.9 Å². The number of aliphatic carboxylic acids is 1. The lowest BCUT2D eigenvalue weighted by atomic mass is 9.96. The molecule has 4 atom stereocenters. The van der Waals surface area contributed by atoms with Crippen LogP contribution in [0.2, 0.25) is 5.02 Å². The lowest BCUT2D eigenvalue weighted by Crippen LogP contribution is -2.71. The highest BCUT2D eigenvalue weighted by molar-refractivity contribution is 7.87. The summed E-state index contributed by atoms with van der Waals surface area (Å²) in [7, 11) is -1.60. The van der Waals surface area contributed by atoms with Crippen molar-refractivity contribution in [3.63, 3.8) is 0 Å². The first kappa shape index (κ1) is 17.9. The van der Waals surface area contributed by atoms with Crippen molar-refractivity contribution in [2.45, 2.75) is 42.5 Å². The van der Waals surface area contributed by atoms with Crippen LogP contribution in [0, 0.1) is 0 Å². The number of carbonyl (C=O) groups excluding carboxylic acids is 2. The second-order valence-electron chi connectivity index (χ2n) is 6.63. The maximum Gasteiger partial charge on any atom is 0.328 e. The molecule has 25 heavy (non-hydrogen) atoms. The topological polar surface area (TPSA) is 104 Å². The Morgan fingerprint density at radius 1 is 1.32 bits per heavy atom. The first-order valence-electron chi connectivity index (χ1n) is 7.64. The van der Waals surface area contributed by atoms with Crippen LogP contribution >= 0.6 is 11.6 Å². The van der Waals surface area contributed by atoms with Crippen molar-refractivity contribution in [3.8, 4) is 0 Å². The smallest absolute Gasteiger partial charge is 0.328 e. The minimum atomic E-state index is -1.60. The van der Waals surface area contributed by atoms with Gasteiger partial charge in [0.05, 0.1) is 22.0 Å². The summed E-state index contributed by atoms with van der Waals surface area (Å²) in [5.74, 6) is -2.10. The third kappa shape index (κ3) is 2.83. The van der Waals surface area contributed by atoms with E-state index in [2.05, 4.69) is 5.32 Å². The summed E-state index contributed by atoms with van der Waals surface area (Å²) < 4.78 is 11.5. The van der Waals surface area contributed by atoms with E-state index in [0.717, 1.165) is 10.5 Å². The van der Waals surface area contributed by atoms with Gasteiger partial charge in [-0.25, -0.2) is 4.79 Å². The summed E-state index contributed by atoms with van der Waals surface area (Å²) in [5, 5.41) is 11.7. The van der Waals surface area contributed by atoms with Gasteiger partial charge < -0.3 is 15.3 Å². The zero-order valence-electron chi connectivity index (χ0n) is 13.6. The molecule has 9 heteroatoms. The summed E-state index contributed by atoms with van der Waals surface area (Å²) in [5.41, 5.74) is 0.724. The van der Waals surface area contributed by atoms with Gasteiger partial charge in [0.25, 0.3) is 0 Å². The average Bonchev–Trinajstić information content (AvgIpc) is 2.72. The Bertz CT molecular complexity index is 779. The van der Waals surface area contributed by atoms with Gasteiger partial charge in [0, 0.05) is 5.02 Å². The first-order valence-corrected chi connectivity index (χ1v) is 9.23. The molecule has 2 aliphatic heterocycles. The summed E-state index contributed by atoms with van der Waals surface area (Å²) in [6, 6.07) is 4.61. The molecular weight excluding hydrogens is 368 g/mol. The van der Waals surface area contributed by atoms with E-state index in [-0.39, 0.29) is 6.42 Å². The highest BCUT2D eigenvalue weighted by Crippen LogP contribution is 2.43. The third-order valence-corrected chi connectivity index (χ3v) is 7.03. The number of carboxylic acid groups (broad SMARTS) is 1. The van der Waals surface area contributed by atoms with Crippen molar-refractivity contribution in [2.75, 3.05) is 0 Å². The number of β-lactam (4-membered cyclic amide) rings is 1. The number of hydrogen-bond acceptors (Lipinski definition) is 4. The van der Waals surface area contributed by atoms with Crippen LogP contribution in [-0.2, 0) is 31.6 Å². The molecule has 134 valence electrons. The number of hydrogen-bond donors (Lipinski definition) is 2. The predicted octanol–water partition coefficient (Wildman–Crippen LogP) is 0.530. The quantitative estimate of drug-likeness (QED) is 0.737. The molecule has 0 aromatic heterocycles. The van der Waals surface area contributed by atoms with E-state index >= 15 is 0 Å². The van der Waals surface area contributed by atoms with Crippen LogP contribution in [0.5, 0.6) is 0 Å². The highest BCUT2D eigenvalue weighted by atomic mass is 35.5. The van der Waals surface area contributed by atoms with Crippen molar-refractivity contribution in [1.29, 1.82) is 0 Å². The van der Waals surface area contributed by atoms with Crippen molar-refractivity contribution in [2.24, 2.45) is 0 Å². The van der Waals surface area contributed by atoms with Crippen molar-refractivity contribution in [1.82, 2.24) is 10.2 Å². The normalized spacial score (nSPS) is 29.7. The second kappa shape index (κ2) is 6.10. The number of rotatable bonds is 4. The molecule has 0 saturated carbocycles. The number of halogens is 1. The number of benzene rings is 1. The minimum Gasteiger partial charge on any atom is -0.480 e. The van der Waals surface area contributed by atoms with Crippen LogP contribution in [-0.4, -0.2) is 54.2 Å². The molecule has 0 unspecified atom stereocenters. The molecule has 2 saturated heterocycles. The van der Waals surface area contributed by atoms with Crippen LogP contribution in [0.3, 0.4) is 0 Å². The fourth-order valence-corrected chi connectivity index (χ4v) is 5.35. The number of amides is 2. The van der Waals surface area contributed by atoms with E-state index in [0.29, 0.717) is 5.02 Å². The molecule has 2 aliphatic rings. The van der Waals surface area contributed by atoms with Crippen molar-refractivity contribution >= 4 is 40.2 Å². The molecule has 3 rings (SSSR count). The van der Waals surface area contributed by atoms with E-state index in [9.17, 15) is 23.7 Å². The fourth-order valence-electron chi connectivity index (χ4n) is 3.31. The van der Waals surface area contributed by atoms with Gasteiger partial charge in [-0.15, -0.1) is 0 Å². The Morgan fingerprint density at radius 3 is 2.48 bits per heavy atom. The molecule has 7 nitrogen and oxygen atoms in total. The van der Waals surface area contributed by atoms with Gasteiger partial charge in [0.2, 0.25) is 11.8 Å². The SMILES string of the molecule is CC1(C)[C@H](C(=O)O)N2C(=O)[C@@H](NC(=O)Cc3ccc(Cl)cc3)[C@H]2[S@]1=O. The molecule has 0 bridgehead atoms. The summed E-state index contributed by atoms with van der Waals surface area (Å²) in [4.78, 5) is 37.1. The Morgan fingerprint density at radius 2 is 1.92 bits per heavy atom. The van der Waals surface area contributed by atoms with E-state index < -0.39 is 50.8 Å². The Balaban J connectivity index is 1.72. The lowest BCUT2D eigenvalue weighted by molar-refractivity contribution is -0.161. The Hall–Kier alpha value is -1.93. The van der Waals surface area contributed by atoms with Gasteiger partial charge in [0.15, 0.2) is 0 Å². The number of nitrogens with zero attached hydrogens (tertiary/aromatic N) is 1. The van der Waals surface area contributed by atoms with E-state index in [1.54, 1.807) is 38.1 Å². The number of nitrogens with one attached hydrogen (secondary N) is 1. The van der Waals surface area contributed by atoms with Gasteiger partial charge in [-0.05, 0) is 31.5 Å². The largest absolute Gasteiger partial charge is 0.480 e. The molecule has 1 aromatic rings. The van der Waals surface area contributed by atoms with Gasteiger partial charge >= 0.3 is 5.97 Å². The number of carboxylic acids is 1. The molecule has 2 fully saturated rings. The Labute approximate surface area is 151 Å². The standard InChI is InChI=1S/C16H17ClN2O5S/c1-16(2)12(15(22)23)19-13(21)11(14(19)25(16)24)18-10(20)7-8-3-5-9(17)6-4-8/h3-6,11-12,14H,7H2,1-2H3,(H,18,20)(H,22,23)/t11-,12+,14-,25-/m1/s1. The van der Waals surface area contributed by atoms with Crippen LogP contribution in [0.1, 0.15) is 19.4 Å². The number of fused-ring (bicyclic) bond motifs is 1. The molecule has 2 amide bonds. The molecule has 2 N–H and O–H groups in total. The van der Waals surface area contributed by atoms with E-state index in [1.807, 2.05) is 0 Å².